The molecule has 1 saturated heterocycles. The summed E-state index contributed by atoms with van der Waals surface area (Å²) in [5, 5.41) is 12.9. The Morgan fingerprint density at radius 3 is 2.55 bits per heavy atom. The zero-order valence-electron chi connectivity index (χ0n) is 6.92. The van der Waals surface area contributed by atoms with Crippen LogP contribution in [0.3, 0.4) is 0 Å². The van der Waals surface area contributed by atoms with E-state index >= 15 is 0 Å². The fraction of sp³-hybridized carbons (Fsp3) is 1.00. The molecule has 2 unspecified atom stereocenters. The largest absolute Gasteiger partial charge is 0.393 e. The minimum Gasteiger partial charge on any atom is -0.393 e. The van der Waals surface area contributed by atoms with Crippen molar-refractivity contribution >= 4 is 0 Å². The van der Waals surface area contributed by atoms with Gasteiger partial charge in [-0.25, -0.2) is 0 Å². The second-order valence-electron chi connectivity index (χ2n) is 3.93. The summed E-state index contributed by atoms with van der Waals surface area (Å²) in [6, 6.07) is 0.632. The summed E-state index contributed by atoms with van der Waals surface area (Å²) in [6.07, 6.45) is 6.07. The van der Waals surface area contributed by atoms with Crippen LogP contribution in [0.5, 0.6) is 0 Å². The van der Waals surface area contributed by atoms with Crippen LogP contribution in [0.1, 0.15) is 32.1 Å². The maximum atomic E-state index is 9.41. The van der Waals surface area contributed by atoms with E-state index in [0.29, 0.717) is 6.04 Å². The van der Waals surface area contributed by atoms with Gasteiger partial charge in [-0.2, -0.15) is 0 Å². The Labute approximate surface area is 68.0 Å². The molecule has 0 amide bonds. The first-order valence-corrected chi connectivity index (χ1v) is 4.78. The summed E-state index contributed by atoms with van der Waals surface area (Å²) in [6.45, 7) is 1.02. The van der Waals surface area contributed by atoms with Crippen molar-refractivity contribution in [1.29, 1.82) is 0 Å². The van der Waals surface area contributed by atoms with E-state index in [1.54, 1.807) is 0 Å². The monoisotopic (exact) mass is 155 g/mol. The van der Waals surface area contributed by atoms with Crippen molar-refractivity contribution in [2.24, 2.45) is 5.92 Å². The number of hydrogen-bond donors (Lipinski definition) is 2. The molecule has 2 fully saturated rings. The molecule has 2 rings (SSSR count). The average Bonchev–Trinajstić information content (AvgIpc) is 1.83. The molecule has 64 valence electrons. The Balaban J connectivity index is 1.82. The molecular formula is C9H17NO. The van der Waals surface area contributed by atoms with Gasteiger partial charge in [0.15, 0.2) is 0 Å². The van der Waals surface area contributed by atoms with E-state index < -0.39 is 0 Å². The lowest BCUT2D eigenvalue weighted by Crippen LogP contribution is -2.46. The molecule has 2 heteroatoms. The van der Waals surface area contributed by atoms with Gasteiger partial charge in [-0.1, -0.05) is 6.42 Å². The molecule has 0 spiro atoms. The second-order valence-corrected chi connectivity index (χ2v) is 3.93. The standard InChI is InChI=1S/C9H17NO/c11-8-4-5-10-9(6-8)7-2-1-3-7/h7-11H,1-6H2. The van der Waals surface area contributed by atoms with Gasteiger partial charge < -0.3 is 10.4 Å². The van der Waals surface area contributed by atoms with E-state index in [2.05, 4.69) is 5.32 Å². The third-order valence-corrected chi connectivity index (χ3v) is 3.13. The van der Waals surface area contributed by atoms with Gasteiger partial charge in [0, 0.05) is 6.04 Å². The van der Waals surface area contributed by atoms with Gasteiger partial charge in [0.05, 0.1) is 6.10 Å². The summed E-state index contributed by atoms with van der Waals surface area (Å²) < 4.78 is 0. The molecule has 0 bridgehead atoms. The first-order valence-electron chi connectivity index (χ1n) is 4.78. The van der Waals surface area contributed by atoms with Crippen molar-refractivity contribution in [2.45, 2.75) is 44.2 Å². The first-order chi connectivity index (χ1) is 5.36. The lowest BCUT2D eigenvalue weighted by atomic mass is 9.76. The first kappa shape index (κ1) is 7.56. The van der Waals surface area contributed by atoms with Crippen LogP contribution in [0.15, 0.2) is 0 Å². The van der Waals surface area contributed by atoms with Crippen LogP contribution in [0.25, 0.3) is 0 Å². The molecular weight excluding hydrogens is 138 g/mol. The fourth-order valence-corrected chi connectivity index (χ4v) is 2.13. The summed E-state index contributed by atoms with van der Waals surface area (Å²) in [7, 11) is 0. The molecule has 1 heterocycles. The number of nitrogens with one attached hydrogen (secondary N) is 1. The van der Waals surface area contributed by atoms with Gasteiger partial charge in [-0.15, -0.1) is 0 Å². The van der Waals surface area contributed by atoms with Crippen molar-refractivity contribution in [3.05, 3.63) is 0 Å². The molecule has 1 aliphatic carbocycles. The molecule has 0 radical (unpaired) electrons. The number of rotatable bonds is 1. The molecule has 11 heavy (non-hydrogen) atoms. The predicted molar refractivity (Wildman–Crippen MR) is 44.4 cm³/mol. The van der Waals surface area contributed by atoms with E-state index in [4.69, 9.17) is 0 Å². The van der Waals surface area contributed by atoms with Crippen molar-refractivity contribution in [1.82, 2.24) is 5.32 Å². The topological polar surface area (TPSA) is 32.3 Å². The molecule has 2 atom stereocenters. The van der Waals surface area contributed by atoms with Gasteiger partial charge in [0.2, 0.25) is 0 Å². The fourth-order valence-electron chi connectivity index (χ4n) is 2.13. The van der Waals surface area contributed by atoms with Crippen molar-refractivity contribution in [3.8, 4) is 0 Å². The minimum atomic E-state index is -0.0261. The summed E-state index contributed by atoms with van der Waals surface area (Å²) in [4.78, 5) is 0. The van der Waals surface area contributed by atoms with Crippen LogP contribution in [0.2, 0.25) is 0 Å². The van der Waals surface area contributed by atoms with E-state index in [0.717, 1.165) is 25.3 Å². The van der Waals surface area contributed by atoms with Crippen LogP contribution >= 0.6 is 0 Å². The Morgan fingerprint density at radius 2 is 2.00 bits per heavy atom. The second kappa shape index (κ2) is 3.11. The lowest BCUT2D eigenvalue weighted by molar-refractivity contribution is 0.0825. The molecule has 2 N–H and O–H groups in total. The maximum Gasteiger partial charge on any atom is 0.0567 e. The minimum absolute atomic E-state index is 0.0261. The van der Waals surface area contributed by atoms with Gasteiger partial charge in [-0.3, -0.25) is 0 Å². The van der Waals surface area contributed by atoms with E-state index in [1.165, 1.54) is 19.3 Å². The normalized spacial score (nSPS) is 40.1. The zero-order valence-corrected chi connectivity index (χ0v) is 6.92. The highest BCUT2D eigenvalue weighted by atomic mass is 16.3. The highest BCUT2D eigenvalue weighted by Gasteiger charge is 2.30. The van der Waals surface area contributed by atoms with E-state index in [9.17, 15) is 5.11 Å². The van der Waals surface area contributed by atoms with Gasteiger partial charge in [-0.05, 0) is 38.1 Å². The number of piperidine rings is 1. The third-order valence-electron chi connectivity index (χ3n) is 3.13. The highest BCUT2D eigenvalue weighted by Crippen LogP contribution is 2.32. The van der Waals surface area contributed by atoms with Crippen molar-refractivity contribution in [2.75, 3.05) is 6.54 Å². The molecule has 2 aliphatic rings. The molecule has 0 aromatic rings. The molecule has 1 saturated carbocycles. The predicted octanol–water partition coefficient (Wildman–Crippen LogP) is 0.899. The van der Waals surface area contributed by atoms with Crippen LogP contribution < -0.4 is 5.32 Å². The number of aliphatic hydroxyl groups excluding tert-OH is 1. The highest BCUT2D eigenvalue weighted by molar-refractivity contribution is 4.87. The Hall–Kier alpha value is -0.0800. The summed E-state index contributed by atoms with van der Waals surface area (Å²) in [5.41, 5.74) is 0. The zero-order chi connectivity index (χ0) is 7.68. The van der Waals surface area contributed by atoms with Crippen LogP contribution in [0, 0.1) is 5.92 Å². The van der Waals surface area contributed by atoms with E-state index in [1.807, 2.05) is 0 Å². The van der Waals surface area contributed by atoms with Gasteiger partial charge in [0.1, 0.15) is 0 Å². The third kappa shape index (κ3) is 1.57. The van der Waals surface area contributed by atoms with Gasteiger partial charge in [0.25, 0.3) is 0 Å². The molecule has 1 aliphatic heterocycles. The Morgan fingerprint density at radius 1 is 1.18 bits per heavy atom. The van der Waals surface area contributed by atoms with Gasteiger partial charge >= 0.3 is 0 Å². The molecule has 2 nitrogen and oxygen atoms in total. The van der Waals surface area contributed by atoms with Crippen LogP contribution in [0.4, 0.5) is 0 Å². The number of aliphatic hydroxyl groups is 1. The SMILES string of the molecule is OC1CCNC(C2CCC2)C1. The average molecular weight is 155 g/mol. The van der Waals surface area contributed by atoms with Crippen molar-refractivity contribution < 1.29 is 5.11 Å². The van der Waals surface area contributed by atoms with Crippen LogP contribution in [-0.2, 0) is 0 Å². The Kier molecular flexibility index (Phi) is 2.14. The quantitative estimate of drug-likeness (QED) is 0.589. The number of hydrogen-bond acceptors (Lipinski definition) is 2. The maximum absolute atomic E-state index is 9.41. The molecule has 0 aromatic heterocycles. The summed E-state index contributed by atoms with van der Waals surface area (Å²) in [5.74, 6) is 0.880. The smallest absolute Gasteiger partial charge is 0.0567 e. The molecule has 0 aromatic carbocycles. The lowest BCUT2D eigenvalue weighted by Gasteiger charge is -2.38. The van der Waals surface area contributed by atoms with Crippen LogP contribution in [-0.4, -0.2) is 23.8 Å². The van der Waals surface area contributed by atoms with E-state index in [-0.39, 0.29) is 6.10 Å². The Bertz CT molecular complexity index is 134. The summed E-state index contributed by atoms with van der Waals surface area (Å²) >= 11 is 0. The van der Waals surface area contributed by atoms with Crippen molar-refractivity contribution in [3.63, 3.8) is 0 Å².